The third-order valence-electron chi connectivity index (χ3n) is 2.47. The lowest BCUT2D eigenvalue weighted by atomic mass is 10.2. The number of amides is 1. The third-order valence-corrected chi connectivity index (χ3v) is 2.47. The lowest BCUT2D eigenvalue weighted by molar-refractivity contribution is 0.0729. The molecule has 0 saturated carbocycles. The van der Waals surface area contributed by atoms with Gasteiger partial charge in [0.25, 0.3) is 0 Å². The Morgan fingerprint density at radius 2 is 2.06 bits per heavy atom. The minimum absolute atomic E-state index is 0.0512. The van der Waals surface area contributed by atoms with Crippen LogP contribution in [0.2, 0.25) is 0 Å². The number of hydrogen-bond acceptors (Lipinski definition) is 4. The fourth-order valence-electron chi connectivity index (χ4n) is 1.61. The molecule has 1 fully saturated rings. The van der Waals surface area contributed by atoms with Crippen LogP contribution in [0.25, 0.3) is 10.4 Å². The van der Waals surface area contributed by atoms with Gasteiger partial charge in [0.15, 0.2) is 0 Å². The summed E-state index contributed by atoms with van der Waals surface area (Å²) in [5.74, 6) is 0. The molecule has 1 heterocycles. The highest BCUT2D eigenvalue weighted by molar-refractivity contribution is 5.65. The molecular formula is C8H15N5O3. The quantitative estimate of drug-likeness (QED) is 0.399. The fraction of sp³-hybridized carbons (Fsp3) is 0.875. The van der Waals surface area contributed by atoms with Crippen molar-refractivity contribution >= 4 is 6.09 Å². The molecule has 1 aliphatic rings. The Labute approximate surface area is 92.7 Å². The summed E-state index contributed by atoms with van der Waals surface area (Å²) in [5, 5.41) is 21.5. The highest BCUT2D eigenvalue weighted by Crippen LogP contribution is 2.03. The minimum atomic E-state index is -0.908. The number of aliphatic hydroxyl groups is 1. The van der Waals surface area contributed by atoms with E-state index in [1.807, 2.05) is 4.90 Å². The summed E-state index contributed by atoms with van der Waals surface area (Å²) in [6.45, 7) is 2.55. The van der Waals surface area contributed by atoms with Crippen LogP contribution in [0.15, 0.2) is 5.11 Å². The Balaban J connectivity index is 2.26. The summed E-state index contributed by atoms with van der Waals surface area (Å²) < 4.78 is 0. The van der Waals surface area contributed by atoms with E-state index in [0.29, 0.717) is 32.7 Å². The van der Waals surface area contributed by atoms with Gasteiger partial charge in [0, 0.05) is 37.6 Å². The van der Waals surface area contributed by atoms with E-state index in [1.165, 1.54) is 4.90 Å². The van der Waals surface area contributed by atoms with Crippen LogP contribution in [0, 0.1) is 0 Å². The number of carboxylic acid groups (broad SMARTS) is 1. The van der Waals surface area contributed by atoms with Gasteiger partial charge in [-0.2, -0.15) is 0 Å². The summed E-state index contributed by atoms with van der Waals surface area (Å²) >= 11 is 0. The summed E-state index contributed by atoms with van der Waals surface area (Å²) in [5.41, 5.74) is 8.08. The molecule has 1 amide bonds. The first-order chi connectivity index (χ1) is 7.63. The first kappa shape index (κ1) is 12.6. The van der Waals surface area contributed by atoms with Gasteiger partial charge in [-0.05, 0) is 5.53 Å². The molecule has 90 valence electrons. The Bertz CT molecular complexity index is 283. The van der Waals surface area contributed by atoms with Gasteiger partial charge in [-0.3, -0.25) is 4.90 Å². The van der Waals surface area contributed by atoms with E-state index in [1.54, 1.807) is 0 Å². The topological polar surface area (TPSA) is 113 Å². The van der Waals surface area contributed by atoms with Crippen molar-refractivity contribution in [3.05, 3.63) is 10.4 Å². The van der Waals surface area contributed by atoms with Gasteiger partial charge in [-0.25, -0.2) is 4.79 Å². The molecule has 0 aromatic heterocycles. The predicted molar refractivity (Wildman–Crippen MR) is 56.1 cm³/mol. The average Bonchev–Trinajstić information content (AvgIpc) is 2.27. The molecule has 1 unspecified atom stereocenters. The Hall–Kier alpha value is -1.50. The molecular weight excluding hydrogens is 214 g/mol. The number of nitrogens with zero attached hydrogens (tertiary/aromatic N) is 5. The number of aliphatic hydroxyl groups excluding tert-OH is 1. The Kier molecular flexibility index (Phi) is 4.84. The summed E-state index contributed by atoms with van der Waals surface area (Å²) in [4.78, 5) is 16.5. The van der Waals surface area contributed by atoms with E-state index in [4.69, 9.17) is 10.6 Å². The molecule has 0 aromatic rings. The van der Waals surface area contributed by atoms with Crippen LogP contribution in [0.1, 0.15) is 0 Å². The van der Waals surface area contributed by atoms with Crippen molar-refractivity contribution in [2.45, 2.75) is 6.10 Å². The van der Waals surface area contributed by atoms with Gasteiger partial charge < -0.3 is 15.1 Å². The summed E-state index contributed by atoms with van der Waals surface area (Å²) in [6, 6.07) is 0. The number of rotatable bonds is 4. The number of azide groups is 1. The molecule has 1 saturated heterocycles. The molecule has 1 aliphatic heterocycles. The van der Waals surface area contributed by atoms with E-state index >= 15 is 0 Å². The number of piperazine rings is 1. The van der Waals surface area contributed by atoms with Gasteiger partial charge in [0.05, 0.1) is 12.6 Å². The zero-order valence-electron chi connectivity index (χ0n) is 8.86. The van der Waals surface area contributed by atoms with Crippen molar-refractivity contribution in [3.63, 3.8) is 0 Å². The van der Waals surface area contributed by atoms with Crippen LogP contribution in [-0.4, -0.2) is 71.5 Å². The lowest BCUT2D eigenvalue weighted by Gasteiger charge is -2.33. The van der Waals surface area contributed by atoms with Crippen LogP contribution in [0.5, 0.6) is 0 Å². The van der Waals surface area contributed by atoms with E-state index in [0.717, 1.165) is 0 Å². The molecule has 8 nitrogen and oxygen atoms in total. The number of carbonyl (C=O) groups is 1. The average molecular weight is 229 g/mol. The van der Waals surface area contributed by atoms with Crippen molar-refractivity contribution in [2.24, 2.45) is 5.11 Å². The van der Waals surface area contributed by atoms with Crippen molar-refractivity contribution in [2.75, 3.05) is 39.3 Å². The monoisotopic (exact) mass is 229 g/mol. The second-order valence-corrected chi connectivity index (χ2v) is 3.64. The molecule has 0 aromatic carbocycles. The summed E-state index contributed by atoms with van der Waals surface area (Å²) in [6.07, 6.45) is -1.60. The van der Waals surface area contributed by atoms with Crippen molar-refractivity contribution < 1.29 is 15.0 Å². The highest BCUT2D eigenvalue weighted by atomic mass is 16.4. The molecule has 0 aliphatic carbocycles. The largest absolute Gasteiger partial charge is 0.465 e. The van der Waals surface area contributed by atoms with E-state index in [-0.39, 0.29) is 6.54 Å². The fourth-order valence-corrected chi connectivity index (χ4v) is 1.61. The molecule has 1 atom stereocenters. The zero-order chi connectivity index (χ0) is 12.0. The second kappa shape index (κ2) is 6.16. The lowest BCUT2D eigenvalue weighted by Crippen LogP contribution is -2.50. The van der Waals surface area contributed by atoms with Crippen LogP contribution in [-0.2, 0) is 0 Å². The van der Waals surface area contributed by atoms with Crippen LogP contribution < -0.4 is 0 Å². The first-order valence-electron chi connectivity index (χ1n) is 5.02. The predicted octanol–water partition coefficient (Wildman–Crippen LogP) is -0.0468. The Morgan fingerprint density at radius 3 is 2.56 bits per heavy atom. The van der Waals surface area contributed by atoms with Crippen molar-refractivity contribution in [1.29, 1.82) is 0 Å². The maximum atomic E-state index is 10.6. The van der Waals surface area contributed by atoms with E-state index in [9.17, 15) is 9.90 Å². The van der Waals surface area contributed by atoms with Gasteiger partial charge in [-0.15, -0.1) is 0 Å². The minimum Gasteiger partial charge on any atom is -0.465 e. The first-order valence-corrected chi connectivity index (χ1v) is 5.02. The third kappa shape index (κ3) is 3.93. The molecule has 2 N–H and O–H groups in total. The van der Waals surface area contributed by atoms with Gasteiger partial charge in [-0.1, -0.05) is 5.11 Å². The van der Waals surface area contributed by atoms with Crippen LogP contribution >= 0.6 is 0 Å². The van der Waals surface area contributed by atoms with Crippen LogP contribution in [0.4, 0.5) is 4.79 Å². The van der Waals surface area contributed by atoms with E-state index in [2.05, 4.69) is 10.0 Å². The van der Waals surface area contributed by atoms with Gasteiger partial charge in [0.1, 0.15) is 0 Å². The van der Waals surface area contributed by atoms with Crippen LogP contribution in [0.3, 0.4) is 0 Å². The molecule has 16 heavy (non-hydrogen) atoms. The molecule has 1 rings (SSSR count). The zero-order valence-corrected chi connectivity index (χ0v) is 8.86. The molecule has 0 bridgehead atoms. The number of hydrogen-bond donors (Lipinski definition) is 2. The smallest absolute Gasteiger partial charge is 0.407 e. The SMILES string of the molecule is [N-]=[N+]=NCC(O)CN1CCN(C(=O)O)CC1. The highest BCUT2D eigenvalue weighted by Gasteiger charge is 2.21. The van der Waals surface area contributed by atoms with Gasteiger partial charge in [0.2, 0.25) is 0 Å². The molecule has 0 spiro atoms. The molecule has 0 radical (unpaired) electrons. The Morgan fingerprint density at radius 1 is 1.44 bits per heavy atom. The normalized spacial score (nSPS) is 18.9. The second-order valence-electron chi connectivity index (χ2n) is 3.64. The summed E-state index contributed by atoms with van der Waals surface area (Å²) in [7, 11) is 0. The number of β-amino-alcohol motifs (C(OH)–C–C–N with tert-alkyl or cyclic N) is 1. The maximum absolute atomic E-state index is 10.6. The standard InChI is InChI=1S/C8H15N5O3/c9-11-10-5-7(14)6-12-1-3-13(4-2-12)8(15)16/h7,14H,1-6H2,(H,15,16). The molecule has 8 heteroatoms. The maximum Gasteiger partial charge on any atom is 0.407 e. The van der Waals surface area contributed by atoms with E-state index < -0.39 is 12.2 Å². The van der Waals surface area contributed by atoms with Gasteiger partial charge >= 0.3 is 6.09 Å². The van der Waals surface area contributed by atoms with Crippen molar-refractivity contribution in [1.82, 2.24) is 9.80 Å². The van der Waals surface area contributed by atoms with Crippen molar-refractivity contribution in [3.8, 4) is 0 Å².